The number of rotatable bonds is 4. The molecule has 7 heteroatoms. The Bertz CT molecular complexity index is 404. The molecule has 15 heavy (non-hydrogen) atoms. The highest BCUT2D eigenvalue weighted by atomic mass is 16.6. The van der Waals surface area contributed by atoms with E-state index in [1.807, 2.05) is 0 Å². The number of nitrogens with two attached hydrogens (primary N) is 1. The smallest absolute Gasteiger partial charge is 0.341 e. The molecule has 0 heterocycles. The molecule has 0 fully saturated rings. The summed E-state index contributed by atoms with van der Waals surface area (Å²) in [4.78, 5) is 19.9. The number of hydrogen-bond acceptors (Lipinski definition) is 5. The van der Waals surface area contributed by atoms with Crippen LogP contribution in [-0.2, 0) is 4.79 Å². The average molecular weight is 212 g/mol. The summed E-state index contributed by atoms with van der Waals surface area (Å²) >= 11 is 0. The summed E-state index contributed by atoms with van der Waals surface area (Å²) in [5.74, 6) is -0.951. The fourth-order valence-electron chi connectivity index (χ4n) is 0.934. The van der Waals surface area contributed by atoms with E-state index in [-0.39, 0.29) is 17.1 Å². The summed E-state index contributed by atoms with van der Waals surface area (Å²) < 4.78 is 4.78. The second-order valence-electron chi connectivity index (χ2n) is 2.66. The van der Waals surface area contributed by atoms with Gasteiger partial charge in [-0.1, -0.05) is 0 Å². The van der Waals surface area contributed by atoms with Gasteiger partial charge >= 0.3 is 5.97 Å². The first kappa shape index (κ1) is 10.8. The Hall–Kier alpha value is -2.31. The molecule has 0 aromatic heterocycles. The Kier molecular flexibility index (Phi) is 3.06. The van der Waals surface area contributed by atoms with E-state index in [2.05, 4.69) is 0 Å². The number of nitrogens with zero attached hydrogens (tertiary/aromatic N) is 1. The summed E-state index contributed by atoms with van der Waals surface area (Å²) in [7, 11) is 0. The Morgan fingerprint density at radius 2 is 2.27 bits per heavy atom. The third-order valence-corrected chi connectivity index (χ3v) is 1.56. The number of nitro groups is 1. The van der Waals surface area contributed by atoms with Crippen molar-refractivity contribution in [1.82, 2.24) is 0 Å². The number of carboxylic acid groups (broad SMARTS) is 1. The van der Waals surface area contributed by atoms with E-state index < -0.39 is 17.5 Å². The van der Waals surface area contributed by atoms with Gasteiger partial charge in [0.15, 0.2) is 6.61 Å². The second-order valence-corrected chi connectivity index (χ2v) is 2.66. The van der Waals surface area contributed by atoms with Crippen LogP contribution in [0.1, 0.15) is 0 Å². The molecule has 0 aliphatic rings. The molecule has 7 nitrogen and oxygen atoms in total. The maximum Gasteiger partial charge on any atom is 0.341 e. The van der Waals surface area contributed by atoms with E-state index in [0.717, 1.165) is 6.07 Å². The summed E-state index contributed by atoms with van der Waals surface area (Å²) in [6.07, 6.45) is 0. The van der Waals surface area contributed by atoms with Crippen LogP contribution in [0.5, 0.6) is 5.75 Å². The number of carbonyl (C=O) groups is 1. The number of hydrogen-bond donors (Lipinski definition) is 2. The van der Waals surface area contributed by atoms with Gasteiger partial charge in [0, 0.05) is 12.1 Å². The molecular weight excluding hydrogens is 204 g/mol. The van der Waals surface area contributed by atoms with Crippen molar-refractivity contribution < 1.29 is 19.6 Å². The summed E-state index contributed by atoms with van der Waals surface area (Å²) in [6.45, 7) is -0.517. The van der Waals surface area contributed by atoms with Gasteiger partial charge in [-0.25, -0.2) is 4.79 Å². The molecule has 0 unspecified atom stereocenters. The monoisotopic (exact) mass is 212 g/mol. The molecule has 0 amide bonds. The van der Waals surface area contributed by atoms with E-state index in [4.69, 9.17) is 15.6 Å². The highest BCUT2D eigenvalue weighted by Crippen LogP contribution is 2.25. The quantitative estimate of drug-likeness (QED) is 0.429. The van der Waals surface area contributed by atoms with Gasteiger partial charge in [0.2, 0.25) is 0 Å². The third kappa shape index (κ3) is 2.83. The molecule has 1 aromatic carbocycles. The van der Waals surface area contributed by atoms with Gasteiger partial charge in [-0.3, -0.25) is 10.1 Å². The number of aliphatic carboxylic acids is 1. The predicted molar refractivity (Wildman–Crippen MR) is 50.6 cm³/mol. The lowest BCUT2D eigenvalue weighted by molar-refractivity contribution is -0.383. The number of nitrogen functional groups attached to an aromatic ring is 1. The highest BCUT2D eigenvalue weighted by molar-refractivity contribution is 5.68. The summed E-state index contributed by atoms with van der Waals surface area (Å²) in [6, 6.07) is 3.66. The molecule has 0 radical (unpaired) electrons. The van der Waals surface area contributed by atoms with Crippen molar-refractivity contribution in [2.75, 3.05) is 12.3 Å². The van der Waals surface area contributed by atoms with E-state index in [9.17, 15) is 14.9 Å². The average Bonchev–Trinajstić information content (AvgIpc) is 2.14. The molecule has 80 valence electrons. The van der Waals surface area contributed by atoms with Crippen LogP contribution in [0.25, 0.3) is 0 Å². The Labute approximate surface area is 84.2 Å². The normalized spacial score (nSPS) is 9.60. The Morgan fingerprint density at radius 1 is 1.60 bits per heavy atom. The van der Waals surface area contributed by atoms with Gasteiger partial charge in [-0.05, 0) is 6.07 Å². The SMILES string of the molecule is Nc1cc(OCC(=O)O)ccc1[N+](=O)[O-]. The van der Waals surface area contributed by atoms with E-state index >= 15 is 0 Å². The van der Waals surface area contributed by atoms with Crippen molar-refractivity contribution in [1.29, 1.82) is 0 Å². The second kappa shape index (κ2) is 4.27. The fraction of sp³-hybridized carbons (Fsp3) is 0.125. The maximum absolute atomic E-state index is 10.4. The Balaban J connectivity index is 2.82. The van der Waals surface area contributed by atoms with Crippen molar-refractivity contribution in [3.05, 3.63) is 28.3 Å². The van der Waals surface area contributed by atoms with Gasteiger partial charge in [0.1, 0.15) is 11.4 Å². The van der Waals surface area contributed by atoms with Crippen molar-refractivity contribution in [2.24, 2.45) is 0 Å². The zero-order valence-corrected chi connectivity index (χ0v) is 7.54. The van der Waals surface area contributed by atoms with Crippen molar-refractivity contribution in [2.45, 2.75) is 0 Å². The standard InChI is InChI=1S/C8H8N2O5/c9-6-3-5(15-4-8(11)12)1-2-7(6)10(13)14/h1-3H,4,9H2,(H,11,12). The molecule has 1 aromatic rings. The zero-order chi connectivity index (χ0) is 11.4. The largest absolute Gasteiger partial charge is 0.482 e. The lowest BCUT2D eigenvalue weighted by Crippen LogP contribution is -2.09. The molecule has 1 rings (SSSR count). The number of nitro benzene ring substituents is 1. The van der Waals surface area contributed by atoms with Crippen LogP contribution in [-0.4, -0.2) is 22.6 Å². The van der Waals surface area contributed by atoms with E-state index in [1.165, 1.54) is 12.1 Å². The molecular formula is C8H8N2O5. The fourth-order valence-corrected chi connectivity index (χ4v) is 0.934. The van der Waals surface area contributed by atoms with Crippen LogP contribution in [0.2, 0.25) is 0 Å². The van der Waals surface area contributed by atoms with E-state index in [1.54, 1.807) is 0 Å². The van der Waals surface area contributed by atoms with Gasteiger partial charge in [0.05, 0.1) is 4.92 Å². The molecule has 0 saturated carbocycles. The van der Waals surface area contributed by atoms with Crippen LogP contribution in [0, 0.1) is 10.1 Å². The topological polar surface area (TPSA) is 116 Å². The van der Waals surface area contributed by atoms with Crippen molar-refractivity contribution in [3.8, 4) is 5.75 Å². The number of carboxylic acids is 1. The minimum Gasteiger partial charge on any atom is -0.482 e. The number of anilines is 1. The van der Waals surface area contributed by atoms with Crippen molar-refractivity contribution in [3.63, 3.8) is 0 Å². The number of benzene rings is 1. The van der Waals surface area contributed by atoms with Gasteiger partial charge < -0.3 is 15.6 Å². The van der Waals surface area contributed by atoms with E-state index in [0.29, 0.717) is 0 Å². The number of ether oxygens (including phenoxy) is 1. The van der Waals surface area contributed by atoms with Gasteiger partial charge in [-0.15, -0.1) is 0 Å². The van der Waals surface area contributed by atoms with Crippen LogP contribution in [0.4, 0.5) is 11.4 Å². The summed E-state index contributed by atoms with van der Waals surface area (Å²) in [5.41, 5.74) is 5.05. The Morgan fingerprint density at radius 3 is 2.73 bits per heavy atom. The summed E-state index contributed by atoms with van der Waals surface area (Å²) in [5, 5.41) is 18.7. The van der Waals surface area contributed by atoms with Crippen LogP contribution >= 0.6 is 0 Å². The molecule has 0 saturated heterocycles. The minimum absolute atomic E-state index is 0.0668. The minimum atomic E-state index is -1.13. The van der Waals surface area contributed by atoms with Crippen LogP contribution in [0.3, 0.4) is 0 Å². The van der Waals surface area contributed by atoms with Crippen LogP contribution < -0.4 is 10.5 Å². The molecule has 0 spiro atoms. The first-order chi connectivity index (χ1) is 7.00. The van der Waals surface area contributed by atoms with Crippen LogP contribution in [0.15, 0.2) is 18.2 Å². The maximum atomic E-state index is 10.4. The molecule has 0 atom stereocenters. The first-order valence-corrected chi connectivity index (χ1v) is 3.89. The molecule has 3 N–H and O–H groups in total. The highest BCUT2D eigenvalue weighted by Gasteiger charge is 2.11. The van der Waals surface area contributed by atoms with Gasteiger partial charge in [-0.2, -0.15) is 0 Å². The van der Waals surface area contributed by atoms with Gasteiger partial charge in [0.25, 0.3) is 5.69 Å². The van der Waals surface area contributed by atoms with Crippen molar-refractivity contribution >= 4 is 17.3 Å². The first-order valence-electron chi connectivity index (χ1n) is 3.89. The predicted octanol–water partition coefficient (Wildman–Crippen LogP) is 0.640. The lowest BCUT2D eigenvalue weighted by Gasteiger charge is -2.03. The molecule has 0 aliphatic carbocycles. The zero-order valence-electron chi connectivity index (χ0n) is 7.54. The lowest BCUT2D eigenvalue weighted by atomic mass is 10.2. The third-order valence-electron chi connectivity index (χ3n) is 1.56. The molecule has 0 bridgehead atoms. The molecule has 0 aliphatic heterocycles.